The molecule has 1 aromatic carbocycles. The van der Waals surface area contributed by atoms with Crippen molar-refractivity contribution >= 4 is 21.7 Å². The Morgan fingerprint density at radius 2 is 1.71 bits per heavy atom. The van der Waals surface area contributed by atoms with E-state index in [4.69, 9.17) is 0 Å². The highest BCUT2D eigenvalue weighted by Crippen LogP contribution is 2.11. The minimum Gasteiger partial charge on any atom is -0.323 e. The first-order chi connectivity index (χ1) is 6.65. The molecule has 0 atom stereocenters. The molecule has 1 N–H and O–H groups in total. The van der Waals surface area contributed by atoms with Crippen LogP contribution in [-0.4, -0.2) is 19.9 Å². The lowest BCUT2D eigenvalue weighted by molar-refractivity contribution is 0.0988. The maximum Gasteiger partial charge on any atom is 0.162 e. The lowest BCUT2D eigenvalue weighted by Crippen LogP contribution is -1.94. The highest BCUT2D eigenvalue weighted by Gasteiger charge is 2.00. The molecule has 0 spiro atoms. The average molecular weight is 258 g/mol. The van der Waals surface area contributed by atoms with Gasteiger partial charge in [-0.05, 0) is 26.2 Å². The maximum atomic E-state index is 11.1. The summed E-state index contributed by atoms with van der Waals surface area (Å²) in [5.41, 5.74) is 0.788. The molecule has 2 nitrogen and oxygen atoms in total. The van der Waals surface area contributed by atoms with E-state index in [-0.39, 0.29) is 5.78 Å². The average Bonchev–Trinajstić information content (AvgIpc) is 2.19. The van der Waals surface area contributed by atoms with Gasteiger partial charge in [-0.15, -0.1) is 0 Å². The zero-order valence-electron chi connectivity index (χ0n) is 8.80. The van der Waals surface area contributed by atoms with Crippen molar-refractivity contribution in [2.75, 3.05) is 14.1 Å². The summed E-state index contributed by atoms with van der Waals surface area (Å²) < 4.78 is 1.00. The Morgan fingerprint density at radius 1 is 1.29 bits per heavy atom. The molecule has 78 valence electrons. The fourth-order valence-corrected chi connectivity index (χ4v) is 1.10. The van der Waals surface area contributed by atoms with Crippen molar-refractivity contribution in [3.63, 3.8) is 0 Å². The van der Waals surface area contributed by atoms with Crippen LogP contribution >= 0.6 is 15.9 Å². The summed E-state index contributed by atoms with van der Waals surface area (Å²) in [6.45, 7) is 1.87. The topological polar surface area (TPSA) is 29.1 Å². The summed E-state index contributed by atoms with van der Waals surface area (Å²) in [5.74, 6) is 0.192. The number of ketones is 1. The zero-order valence-corrected chi connectivity index (χ0v) is 10.4. The molecule has 0 fully saturated rings. The van der Waals surface area contributed by atoms with E-state index in [0.717, 1.165) is 10.0 Å². The number of hydrogen-bond acceptors (Lipinski definition) is 2. The summed E-state index contributed by atoms with van der Waals surface area (Å²) in [5, 5.41) is 2.75. The molecular weight excluding hydrogens is 242 g/mol. The van der Waals surface area contributed by atoms with Crippen LogP contribution in [0.1, 0.15) is 23.7 Å². The SMILES string of the molecule is CCC(=O)c1ccc(Br)cc1.CNC. The lowest BCUT2D eigenvalue weighted by atomic mass is 10.1. The molecule has 1 rings (SSSR count). The highest BCUT2D eigenvalue weighted by molar-refractivity contribution is 9.10. The molecule has 3 heteroatoms. The molecule has 0 heterocycles. The Bertz CT molecular complexity index is 269. The van der Waals surface area contributed by atoms with Gasteiger partial charge in [-0.2, -0.15) is 0 Å². The molecule has 14 heavy (non-hydrogen) atoms. The molecule has 0 bridgehead atoms. The maximum absolute atomic E-state index is 11.1. The first-order valence-corrected chi connectivity index (χ1v) is 5.32. The third-order valence-electron chi connectivity index (χ3n) is 1.49. The predicted octanol–water partition coefficient (Wildman–Crippen LogP) is 2.88. The van der Waals surface area contributed by atoms with Crippen LogP contribution in [0.3, 0.4) is 0 Å². The summed E-state index contributed by atoms with van der Waals surface area (Å²) in [4.78, 5) is 11.1. The van der Waals surface area contributed by atoms with Gasteiger partial charge in [0.25, 0.3) is 0 Å². The number of carbonyl (C=O) groups excluding carboxylic acids is 1. The molecule has 1 aromatic rings. The number of halogens is 1. The second-order valence-electron chi connectivity index (χ2n) is 2.78. The summed E-state index contributed by atoms with van der Waals surface area (Å²) >= 11 is 3.31. The number of carbonyl (C=O) groups is 1. The van der Waals surface area contributed by atoms with Crippen molar-refractivity contribution in [2.45, 2.75) is 13.3 Å². The van der Waals surface area contributed by atoms with Crippen molar-refractivity contribution in [3.05, 3.63) is 34.3 Å². The number of benzene rings is 1. The zero-order chi connectivity index (χ0) is 11.0. The van der Waals surface area contributed by atoms with Gasteiger partial charge in [0, 0.05) is 16.5 Å². The van der Waals surface area contributed by atoms with Crippen molar-refractivity contribution in [1.82, 2.24) is 5.32 Å². The number of hydrogen-bond donors (Lipinski definition) is 1. The van der Waals surface area contributed by atoms with E-state index in [1.807, 2.05) is 45.3 Å². The van der Waals surface area contributed by atoms with Crippen LogP contribution < -0.4 is 5.32 Å². The molecule has 0 radical (unpaired) electrons. The van der Waals surface area contributed by atoms with E-state index in [0.29, 0.717) is 6.42 Å². The van der Waals surface area contributed by atoms with E-state index < -0.39 is 0 Å². The van der Waals surface area contributed by atoms with E-state index in [9.17, 15) is 4.79 Å². The fraction of sp³-hybridized carbons (Fsp3) is 0.364. The Labute approximate surface area is 93.8 Å². The second kappa shape index (κ2) is 7.71. The van der Waals surface area contributed by atoms with Gasteiger partial charge in [0.1, 0.15) is 0 Å². The van der Waals surface area contributed by atoms with Gasteiger partial charge in [0.05, 0.1) is 0 Å². The Balaban J connectivity index is 0.000000500. The number of nitrogens with one attached hydrogen (secondary N) is 1. The van der Waals surface area contributed by atoms with Crippen molar-refractivity contribution in [3.8, 4) is 0 Å². The largest absolute Gasteiger partial charge is 0.323 e. The van der Waals surface area contributed by atoms with Crippen LogP contribution in [0.5, 0.6) is 0 Å². The predicted molar refractivity (Wildman–Crippen MR) is 63.7 cm³/mol. The molecule has 0 amide bonds. The van der Waals surface area contributed by atoms with E-state index in [1.54, 1.807) is 0 Å². The molecule has 0 aliphatic heterocycles. The number of Topliss-reactive ketones (excluding diaryl/α,β-unsaturated/α-hetero) is 1. The van der Waals surface area contributed by atoms with Crippen LogP contribution in [-0.2, 0) is 0 Å². The molecule has 0 saturated heterocycles. The lowest BCUT2D eigenvalue weighted by Gasteiger charge is -1.96. The van der Waals surface area contributed by atoms with Crippen LogP contribution in [0.25, 0.3) is 0 Å². The van der Waals surface area contributed by atoms with Gasteiger partial charge in [-0.25, -0.2) is 0 Å². The summed E-state index contributed by atoms with van der Waals surface area (Å²) in [6, 6.07) is 7.41. The van der Waals surface area contributed by atoms with Gasteiger partial charge in [0.2, 0.25) is 0 Å². The van der Waals surface area contributed by atoms with Crippen LogP contribution in [0, 0.1) is 0 Å². The molecule has 0 aliphatic carbocycles. The van der Waals surface area contributed by atoms with Gasteiger partial charge < -0.3 is 5.32 Å². The van der Waals surface area contributed by atoms with E-state index >= 15 is 0 Å². The first kappa shape index (κ1) is 13.3. The molecule has 0 aliphatic rings. The Morgan fingerprint density at radius 3 is 2.07 bits per heavy atom. The fourth-order valence-electron chi connectivity index (χ4n) is 0.840. The van der Waals surface area contributed by atoms with Crippen molar-refractivity contribution in [1.29, 1.82) is 0 Å². The smallest absolute Gasteiger partial charge is 0.162 e. The van der Waals surface area contributed by atoms with Crippen molar-refractivity contribution in [2.24, 2.45) is 0 Å². The van der Waals surface area contributed by atoms with Crippen LogP contribution in [0.4, 0.5) is 0 Å². The molecular formula is C11H16BrNO. The second-order valence-corrected chi connectivity index (χ2v) is 3.70. The van der Waals surface area contributed by atoms with E-state index in [1.165, 1.54) is 0 Å². The molecule has 0 aromatic heterocycles. The monoisotopic (exact) mass is 257 g/mol. The highest BCUT2D eigenvalue weighted by atomic mass is 79.9. The van der Waals surface area contributed by atoms with Gasteiger partial charge in [0.15, 0.2) is 5.78 Å². The Kier molecular flexibility index (Phi) is 7.34. The van der Waals surface area contributed by atoms with Gasteiger partial charge >= 0.3 is 0 Å². The third kappa shape index (κ3) is 5.14. The van der Waals surface area contributed by atoms with Gasteiger partial charge in [-0.3, -0.25) is 4.79 Å². The minimum atomic E-state index is 0.192. The standard InChI is InChI=1S/C9H9BrO.C2H7N/c1-2-9(11)7-3-5-8(10)6-4-7;1-3-2/h3-6H,2H2,1H3;3H,1-2H3. The third-order valence-corrected chi connectivity index (χ3v) is 2.02. The quantitative estimate of drug-likeness (QED) is 0.826. The normalized spacial score (nSPS) is 8.86. The van der Waals surface area contributed by atoms with Crippen LogP contribution in [0.15, 0.2) is 28.7 Å². The van der Waals surface area contributed by atoms with Crippen molar-refractivity contribution < 1.29 is 4.79 Å². The van der Waals surface area contributed by atoms with E-state index in [2.05, 4.69) is 21.2 Å². The Hall–Kier alpha value is -0.670. The summed E-state index contributed by atoms with van der Waals surface area (Å²) in [6.07, 6.45) is 0.571. The minimum absolute atomic E-state index is 0.192. The number of rotatable bonds is 2. The molecule has 0 unspecified atom stereocenters. The van der Waals surface area contributed by atoms with Crippen LogP contribution in [0.2, 0.25) is 0 Å². The first-order valence-electron chi connectivity index (χ1n) is 4.53. The molecule has 0 saturated carbocycles. The summed E-state index contributed by atoms with van der Waals surface area (Å²) in [7, 11) is 3.75. The van der Waals surface area contributed by atoms with Gasteiger partial charge in [-0.1, -0.05) is 35.0 Å².